The van der Waals surface area contributed by atoms with Gasteiger partial charge in [0.15, 0.2) is 6.79 Å². The molecule has 0 aliphatic carbocycles. The molecular weight excluding hydrogens is 361 g/mol. The largest absolute Gasteiger partial charge is 0.471 e. The fraction of sp³-hybridized carbons (Fsp3) is 1.00. The summed E-state index contributed by atoms with van der Waals surface area (Å²) in [5.74, 6) is 0. The van der Waals surface area contributed by atoms with E-state index in [9.17, 15) is 13.0 Å². The van der Waals surface area contributed by atoms with E-state index in [0.29, 0.717) is 0 Å². The second kappa shape index (κ2) is 9.59. The van der Waals surface area contributed by atoms with E-state index < -0.39 is 36.3 Å². The Hall–Kier alpha value is -0.0600. The van der Waals surface area contributed by atoms with E-state index in [1.54, 1.807) is 20.8 Å². The summed E-state index contributed by atoms with van der Waals surface area (Å²) < 4.78 is 51.0. The smallest absolute Gasteiger partial charge is 0.372 e. The molecule has 2 N–H and O–H groups in total. The van der Waals surface area contributed by atoms with Crippen molar-refractivity contribution in [2.75, 3.05) is 26.2 Å². The maximum Gasteiger partial charge on any atom is 0.471 e. The minimum absolute atomic E-state index is 0.0581. The maximum absolute atomic E-state index is 12.0. The molecule has 0 fully saturated rings. The Bertz CT molecular complexity index is 513. The van der Waals surface area contributed by atoms with Crippen LogP contribution in [0.15, 0.2) is 0 Å². The van der Waals surface area contributed by atoms with E-state index in [0.717, 1.165) is 12.7 Å². The van der Waals surface area contributed by atoms with Gasteiger partial charge in [0.1, 0.15) is 0 Å². The second-order valence-electron chi connectivity index (χ2n) is 6.55. The molecule has 0 heterocycles. The molecule has 0 aromatic carbocycles. The van der Waals surface area contributed by atoms with Crippen molar-refractivity contribution in [1.29, 1.82) is 0 Å². The van der Waals surface area contributed by atoms with Crippen molar-refractivity contribution >= 4 is 17.8 Å². The molecule has 11 heteroatoms. The molecule has 0 unspecified atom stereocenters. The fourth-order valence-corrected chi connectivity index (χ4v) is 3.58. The van der Waals surface area contributed by atoms with Crippen LogP contribution in [0.3, 0.4) is 0 Å². The molecule has 2 atom stereocenters. The molecule has 0 aliphatic rings. The van der Waals surface area contributed by atoms with Gasteiger partial charge in [-0.3, -0.25) is 4.52 Å². The van der Waals surface area contributed by atoms with Crippen molar-refractivity contribution in [2.45, 2.75) is 58.8 Å². The summed E-state index contributed by atoms with van der Waals surface area (Å²) in [6.45, 7) is 8.47. The summed E-state index contributed by atoms with van der Waals surface area (Å²) in [5.41, 5.74) is -0.646. The van der Waals surface area contributed by atoms with Crippen LogP contribution >= 0.6 is 7.82 Å². The van der Waals surface area contributed by atoms with Crippen molar-refractivity contribution < 1.29 is 36.8 Å². The van der Waals surface area contributed by atoms with Crippen molar-refractivity contribution in [2.24, 2.45) is 0 Å². The Balaban J connectivity index is 4.95. The van der Waals surface area contributed by atoms with Crippen LogP contribution in [0.2, 0.25) is 0 Å². The van der Waals surface area contributed by atoms with E-state index in [-0.39, 0.29) is 19.3 Å². The molecule has 0 rings (SSSR count). The number of hydrogen-bond donors (Lipinski definition) is 2. The Labute approximate surface area is 144 Å². The first-order valence-corrected chi connectivity index (χ1v) is 11.0. The quantitative estimate of drug-likeness (QED) is 0.307. The van der Waals surface area contributed by atoms with Crippen LogP contribution in [-0.2, 0) is 28.6 Å². The average Bonchev–Trinajstić information content (AvgIpc) is 2.36. The number of sulfonamides is 1. The van der Waals surface area contributed by atoms with Crippen molar-refractivity contribution in [3.05, 3.63) is 0 Å². The van der Waals surface area contributed by atoms with Gasteiger partial charge >= 0.3 is 7.82 Å². The molecule has 0 saturated carbocycles. The van der Waals surface area contributed by atoms with Gasteiger partial charge in [-0.1, -0.05) is 6.92 Å². The monoisotopic (exact) mass is 391 g/mol. The van der Waals surface area contributed by atoms with Gasteiger partial charge in [0.05, 0.1) is 25.1 Å². The maximum atomic E-state index is 12.0. The number of nitrogens with zero attached hydrogens (tertiary/aromatic N) is 1. The highest BCUT2D eigenvalue weighted by Gasteiger charge is 2.32. The van der Waals surface area contributed by atoms with E-state index >= 15 is 0 Å². The lowest BCUT2D eigenvalue weighted by molar-refractivity contribution is -0.0895. The molecule has 0 spiro atoms. The molecule has 0 aromatic rings. The minimum atomic E-state index is -4.61. The lowest BCUT2D eigenvalue weighted by atomic mass is 10.1. The van der Waals surface area contributed by atoms with E-state index in [1.807, 2.05) is 13.8 Å². The number of hydrogen-bond acceptors (Lipinski definition) is 6. The molecule has 0 saturated heterocycles. The summed E-state index contributed by atoms with van der Waals surface area (Å²) in [5, 5.41) is 0. The first-order chi connectivity index (χ1) is 10.7. The molecule has 0 aromatic heterocycles. The molecule has 0 amide bonds. The topological polar surface area (TPSA) is 123 Å². The molecule has 24 heavy (non-hydrogen) atoms. The van der Waals surface area contributed by atoms with Gasteiger partial charge in [-0.15, -0.1) is 0 Å². The lowest BCUT2D eigenvalue weighted by Gasteiger charge is -2.36. The number of rotatable bonds is 11. The lowest BCUT2D eigenvalue weighted by Crippen LogP contribution is -2.50. The van der Waals surface area contributed by atoms with E-state index in [2.05, 4.69) is 4.52 Å². The highest BCUT2D eigenvalue weighted by atomic mass is 32.2. The van der Waals surface area contributed by atoms with Gasteiger partial charge in [-0.2, -0.15) is 4.31 Å². The average molecular weight is 391 g/mol. The highest BCUT2D eigenvalue weighted by Crippen LogP contribution is 2.35. The molecule has 9 nitrogen and oxygen atoms in total. The molecule has 0 aliphatic heterocycles. The zero-order valence-electron chi connectivity index (χ0n) is 15.1. The van der Waals surface area contributed by atoms with Gasteiger partial charge in [-0.25, -0.2) is 13.0 Å². The van der Waals surface area contributed by atoms with Crippen molar-refractivity contribution in [1.82, 2.24) is 4.31 Å². The number of phosphoric acid groups is 1. The Morgan fingerprint density at radius 2 is 1.79 bits per heavy atom. The van der Waals surface area contributed by atoms with E-state index in [4.69, 9.17) is 19.3 Å². The minimum Gasteiger partial charge on any atom is -0.372 e. The summed E-state index contributed by atoms with van der Waals surface area (Å²) in [6.07, 6.45) is 1.12. The SMILES string of the molecule is CC[C@H](C)O[C@H](COCOP(=O)(O)O)CN(C(C)(C)C)S(C)(=O)=O. The number of ether oxygens (including phenoxy) is 2. The summed E-state index contributed by atoms with van der Waals surface area (Å²) in [4.78, 5) is 17.2. The summed E-state index contributed by atoms with van der Waals surface area (Å²) in [7, 11) is -8.08. The van der Waals surface area contributed by atoms with Gasteiger partial charge < -0.3 is 19.3 Å². The Morgan fingerprint density at radius 3 is 2.17 bits per heavy atom. The van der Waals surface area contributed by atoms with Crippen LogP contribution < -0.4 is 0 Å². The molecule has 0 bridgehead atoms. The predicted octanol–water partition coefficient (Wildman–Crippen LogP) is 1.31. The van der Waals surface area contributed by atoms with Crippen molar-refractivity contribution in [3.8, 4) is 0 Å². The third-order valence-corrected chi connectivity index (χ3v) is 5.06. The van der Waals surface area contributed by atoms with E-state index in [1.165, 1.54) is 4.31 Å². The summed E-state index contributed by atoms with van der Waals surface area (Å²) in [6, 6.07) is 0. The predicted molar refractivity (Wildman–Crippen MR) is 89.9 cm³/mol. The normalized spacial score (nSPS) is 16.4. The van der Waals surface area contributed by atoms with Crippen LogP contribution in [0.5, 0.6) is 0 Å². The zero-order valence-corrected chi connectivity index (χ0v) is 16.8. The van der Waals surface area contributed by atoms with Gasteiger partial charge in [0, 0.05) is 12.1 Å². The van der Waals surface area contributed by atoms with Crippen molar-refractivity contribution in [3.63, 3.8) is 0 Å². The van der Waals surface area contributed by atoms with Crippen LogP contribution in [0.4, 0.5) is 0 Å². The standard InChI is InChI=1S/C13H30NO8PS/c1-7-11(2)22-12(9-20-10-21-23(15,16)17)8-14(13(3,4)5)24(6,18)19/h11-12H,7-10H2,1-6H3,(H2,15,16,17)/t11-,12-/m0/s1. The summed E-state index contributed by atoms with van der Waals surface area (Å²) >= 11 is 0. The first-order valence-electron chi connectivity index (χ1n) is 7.58. The fourth-order valence-electron chi connectivity index (χ4n) is 1.94. The molecule has 0 radical (unpaired) electrons. The Morgan fingerprint density at radius 1 is 1.25 bits per heavy atom. The third-order valence-electron chi connectivity index (χ3n) is 3.13. The van der Waals surface area contributed by atoms with Crippen LogP contribution in [-0.4, -0.2) is 66.5 Å². The van der Waals surface area contributed by atoms with Crippen LogP contribution in [0.1, 0.15) is 41.0 Å². The number of phosphoric ester groups is 1. The third kappa shape index (κ3) is 10.7. The second-order valence-corrected chi connectivity index (χ2v) is 9.70. The Kier molecular flexibility index (Phi) is 9.56. The van der Waals surface area contributed by atoms with Gasteiger partial charge in [0.2, 0.25) is 10.0 Å². The molecular formula is C13H30NO8PS. The van der Waals surface area contributed by atoms with Gasteiger partial charge in [0.25, 0.3) is 0 Å². The van der Waals surface area contributed by atoms with Crippen LogP contribution in [0.25, 0.3) is 0 Å². The zero-order chi connectivity index (χ0) is 19.2. The highest BCUT2D eigenvalue weighted by molar-refractivity contribution is 7.88. The molecule has 146 valence electrons. The first kappa shape index (κ1) is 23.9. The van der Waals surface area contributed by atoms with Gasteiger partial charge in [-0.05, 0) is 34.1 Å². The van der Waals surface area contributed by atoms with Crippen LogP contribution in [0, 0.1) is 0 Å².